The van der Waals surface area contributed by atoms with Crippen LogP contribution in [0, 0.1) is 0 Å². The summed E-state index contributed by atoms with van der Waals surface area (Å²) in [5.74, 6) is 1.40. The lowest BCUT2D eigenvalue weighted by Crippen LogP contribution is -2.45. The number of hydrogen-bond donors (Lipinski definition) is 2. The minimum atomic E-state index is -0.200. The van der Waals surface area contributed by atoms with E-state index in [0.29, 0.717) is 5.95 Å². The van der Waals surface area contributed by atoms with E-state index in [1.807, 2.05) is 18.3 Å². The highest BCUT2D eigenvalue weighted by molar-refractivity contribution is 5.56. The molecule has 6 nitrogen and oxygen atoms in total. The Morgan fingerprint density at radius 3 is 2.79 bits per heavy atom. The topological polar surface area (TPSA) is 80.0 Å². The van der Waals surface area contributed by atoms with E-state index >= 15 is 0 Å². The summed E-state index contributed by atoms with van der Waals surface area (Å²) in [6.07, 6.45) is 5.02. The molecular formula is C18H24N6. The summed E-state index contributed by atoms with van der Waals surface area (Å²) < 4.78 is 0. The zero-order valence-corrected chi connectivity index (χ0v) is 14.1. The smallest absolute Gasteiger partial charge is 0.222 e. The van der Waals surface area contributed by atoms with Crippen molar-refractivity contribution in [3.8, 4) is 0 Å². The lowest BCUT2D eigenvalue weighted by atomic mass is 9.72. The average molecular weight is 324 g/mol. The first-order chi connectivity index (χ1) is 11.7. The Labute approximate surface area is 142 Å². The molecule has 4 rings (SSSR count). The first-order valence-corrected chi connectivity index (χ1v) is 8.72. The van der Waals surface area contributed by atoms with E-state index in [1.165, 1.54) is 5.56 Å². The van der Waals surface area contributed by atoms with Gasteiger partial charge in [0.15, 0.2) is 0 Å². The van der Waals surface area contributed by atoms with Crippen molar-refractivity contribution in [2.24, 2.45) is 0 Å². The summed E-state index contributed by atoms with van der Waals surface area (Å²) >= 11 is 0. The molecule has 1 unspecified atom stereocenters. The average Bonchev–Trinajstić information content (AvgIpc) is 2.63. The Balaban J connectivity index is 1.85. The molecule has 6 heteroatoms. The number of nitrogens with zero attached hydrogens (tertiary/aromatic N) is 4. The number of hydrogen-bond acceptors (Lipinski definition) is 6. The molecule has 3 N–H and O–H groups in total. The van der Waals surface area contributed by atoms with Gasteiger partial charge in [-0.3, -0.25) is 4.98 Å². The van der Waals surface area contributed by atoms with Gasteiger partial charge in [0.25, 0.3) is 0 Å². The minimum Gasteiger partial charge on any atom is -0.368 e. The Morgan fingerprint density at radius 1 is 1.21 bits per heavy atom. The third-order valence-corrected chi connectivity index (χ3v) is 5.28. The number of rotatable bonds is 2. The van der Waals surface area contributed by atoms with Gasteiger partial charge in [0.2, 0.25) is 5.95 Å². The molecular weight excluding hydrogens is 300 g/mol. The molecule has 2 aromatic heterocycles. The minimum absolute atomic E-state index is 0.200. The molecule has 2 aromatic rings. The highest BCUT2D eigenvalue weighted by Crippen LogP contribution is 2.43. The second kappa shape index (κ2) is 6.02. The molecule has 0 amide bonds. The Kier molecular flexibility index (Phi) is 3.84. The fourth-order valence-electron chi connectivity index (χ4n) is 3.99. The molecule has 0 radical (unpaired) electrons. The number of fused-ring (bicyclic) bond motifs is 1. The van der Waals surface area contributed by atoms with E-state index < -0.39 is 0 Å². The van der Waals surface area contributed by atoms with E-state index in [2.05, 4.69) is 38.2 Å². The third kappa shape index (κ3) is 2.51. The largest absolute Gasteiger partial charge is 0.368 e. The van der Waals surface area contributed by atoms with Crippen molar-refractivity contribution >= 4 is 11.8 Å². The number of anilines is 2. The number of piperazine rings is 1. The highest BCUT2D eigenvalue weighted by Gasteiger charge is 2.39. The highest BCUT2D eigenvalue weighted by atomic mass is 15.3. The molecule has 24 heavy (non-hydrogen) atoms. The van der Waals surface area contributed by atoms with Crippen LogP contribution in [0.5, 0.6) is 0 Å². The van der Waals surface area contributed by atoms with Crippen molar-refractivity contribution in [1.29, 1.82) is 0 Å². The number of pyridine rings is 1. The molecule has 1 aliphatic heterocycles. The summed E-state index contributed by atoms with van der Waals surface area (Å²) in [5, 5.41) is 3.39. The van der Waals surface area contributed by atoms with Gasteiger partial charge in [0.1, 0.15) is 5.82 Å². The maximum atomic E-state index is 6.10. The van der Waals surface area contributed by atoms with Crippen molar-refractivity contribution in [3.05, 3.63) is 41.3 Å². The Morgan fingerprint density at radius 2 is 2.04 bits per heavy atom. The second-order valence-electron chi connectivity index (χ2n) is 6.87. The van der Waals surface area contributed by atoms with Crippen molar-refractivity contribution in [2.75, 3.05) is 36.8 Å². The summed E-state index contributed by atoms with van der Waals surface area (Å²) in [4.78, 5) is 16.3. The second-order valence-corrected chi connectivity index (χ2v) is 6.87. The quantitative estimate of drug-likeness (QED) is 0.871. The van der Waals surface area contributed by atoms with Crippen LogP contribution in [0.2, 0.25) is 0 Å². The van der Waals surface area contributed by atoms with Crippen LogP contribution in [-0.4, -0.2) is 41.1 Å². The van der Waals surface area contributed by atoms with Gasteiger partial charge in [0, 0.05) is 37.9 Å². The van der Waals surface area contributed by atoms with Gasteiger partial charge < -0.3 is 16.0 Å². The van der Waals surface area contributed by atoms with Crippen molar-refractivity contribution in [2.45, 2.75) is 31.6 Å². The maximum Gasteiger partial charge on any atom is 0.222 e. The van der Waals surface area contributed by atoms with Crippen molar-refractivity contribution in [3.63, 3.8) is 0 Å². The van der Waals surface area contributed by atoms with Crippen molar-refractivity contribution in [1.82, 2.24) is 20.3 Å². The number of aromatic nitrogens is 3. The number of nitrogen functional groups attached to an aromatic ring is 1. The van der Waals surface area contributed by atoms with Crippen LogP contribution in [0.3, 0.4) is 0 Å². The summed E-state index contributed by atoms with van der Waals surface area (Å²) in [7, 11) is 0. The first-order valence-electron chi connectivity index (χ1n) is 8.72. The Bertz CT molecular complexity index is 726. The van der Waals surface area contributed by atoms with E-state index in [9.17, 15) is 0 Å². The van der Waals surface area contributed by atoms with E-state index in [4.69, 9.17) is 5.73 Å². The Hall–Kier alpha value is -2.21. The SMILES string of the molecule is CC1(c2ccccn2)CCCc2c(N3CCNCC3)nc(N)nc21. The van der Waals surface area contributed by atoms with Gasteiger partial charge in [-0.05, 0) is 38.3 Å². The third-order valence-electron chi connectivity index (χ3n) is 5.28. The fraction of sp³-hybridized carbons (Fsp3) is 0.500. The molecule has 0 bridgehead atoms. The van der Waals surface area contributed by atoms with Gasteiger partial charge in [-0.2, -0.15) is 4.98 Å². The standard InChI is InChI=1S/C18H24N6/c1-18(14-6-2-3-8-21-14)7-4-5-13-15(18)22-17(19)23-16(13)24-11-9-20-10-12-24/h2-3,6,8,20H,4-5,7,9-12H2,1H3,(H2,19,22,23). The van der Waals surface area contributed by atoms with Gasteiger partial charge in [0.05, 0.1) is 16.8 Å². The van der Waals surface area contributed by atoms with Crippen LogP contribution < -0.4 is 16.0 Å². The predicted octanol–water partition coefficient (Wildman–Crippen LogP) is 1.51. The summed E-state index contributed by atoms with van der Waals surface area (Å²) in [5.41, 5.74) is 9.29. The molecule has 1 atom stereocenters. The summed E-state index contributed by atoms with van der Waals surface area (Å²) in [6, 6.07) is 6.10. The van der Waals surface area contributed by atoms with Crippen LogP contribution in [0.4, 0.5) is 11.8 Å². The van der Waals surface area contributed by atoms with Crippen LogP contribution in [0.1, 0.15) is 36.7 Å². The lowest BCUT2D eigenvalue weighted by Gasteiger charge is -2.37. The molecule has 0 aromatic carbocycles. The van der Waals surface area contributed by atoms with Crippen LogP contribution in [0.25, 0.3) is 0 Å². The molecule has 3 heterocycles. The monoisotopic (exact) mass is 324 g/mol. The fourth-order valence-corrected chi connectivity index (χ4v) is 3.99. The zero-order valence-electron chi connectivity index (χ0n) is 14.1. The van der Waals surface area contributed by atoms with Gasteiger partial charge in [-0.25, -0.2) is 4.98 Å². The van der Waals surface area contributed by atoms with E-state index in [1.54, 1.807) is 0 Å². The summed E-state index contributed by atoms with van der Waals surface area (Å²) in [6.45, 7) is 6.13. The lowest BCUT2D eigenvalue weighted by molar-refractivity contribution is 0.438. The molecule has 1 saturated heterocycles. The zero-order chi connectivity index (χ0) is 16.6. The van der Waals surface area contributed by atoms with Crippen molar-refractivity contribution < 1.29 is 0 Å². The molecule has 2 aliphatic rings. The van der Waals surface area contributed by atoms with Crippen LogP contribution in [-0.2, 0) is 11.8 Å². The molecule has 126 valence electrons. The molecule has 1 fully saturated rings. The van der Waals surface area contributed by atoms with Gasteiger partial charge in [-0.1, -0.05) is 6.07 Å². The molecule has 0 spiro atoms. The van der Waals surface area contributed by atoms with E-state index in [-0.39, 0.29) is 5.41 Å². The van der Waals surface area contributed by atoms with Gasteiger partial charge >= 0.3 is 0 Å². The number of nitrogens with two attached hydrogens (primary N) is 1. The molecule has 0 saturated carbocycles. The van der Waals surface area contributed by atoms with Crippen LogP contribution in [0.15, 0.2) is 24.4 Å². The maximum absolute atomic E-state index is 6.10. The number of nitrogens with one attached hydrogen (secondary N) is 1. The first kappa shape index (κ1) is 15.3. The van der Waals surface area contributed by atoms with Crippen LogP contribution >= 0.6 is 0 Å². The van der Waals surface area contributed by atoms with E-state index in [0.717, 1.165) is 62.6 Å². The van der Waals surface area contributed by atoms with Gasteiger partial charge in [-0.15, -0.1) is 0 Å². The normalized spacial score (nSPS) is 23.8. The molecule has 1 aliphatic carbocycles. The predicted molar refractivity (Wildman–Crippen MR) is 95.2 cm³/mol.